The molecule has 92 valence electrons. The molecule has 0 aliphatic carbocycles. The molecule has 1 N–H and O–H groups in total. The lowest BCUT2D eigenvalue weighted by atomic mass is 10.2. The molecular formula is C11H7BrClFN4. The summed E-state index contributed by atoms with van der Waals surface area (Å²) in [5.41, 5.74) is 2.99. The second-order valence-corrected chi connectivity index (χ2v) is 4.56. The molecule has 0 radical (unpaired) electrons. The molecule has 18 heavy (non-hydrogen) atoms. The van der Waals surface area contributed by atoms with Gasteiger partial charge in [0.1, 0.15) is 17.3 Å². The Bertz CT molecular complexity index is 591. The number of benzene rings is 1. The van der Waals surface area contributed by atoms with Crippen LogP contribution >= 0.6 is 27.5 Å². The van der Waals surface area contributed by atoms with Crippen molar-refractivity contribution in [3.8, 4) is 0 Å². The summed E-state index contributed by atoms with van der Waals surface area (Å²) in [6, 6.07) is 6.10. The first-order valence-corrected chi connectivity index (χ1v) is 6.04. The van der Waals surface area contributed by atoms with Crippen molar-refractivity contribution < 1.29 is 4.39 Å². The van der Waals surface area contributed by atoms with Gasteiger partial charge >= 0.3 is 0 Å². The van der Waals surface area contributed by atoms with E-state index < -0.39 is 0 Å². The summed E-state index contributed by atoms with van der Waals surface area (Å²) in [5, 5.41) is 4.17. The molecule has 0 saturated carbocycles. The van der Waals surface area contributed by atoms with Crippen molar-refractivity contribution in [2.24, 2.45) is 5.10 Å². The first kappa shape index (κ1) is 12.9. The van der Waals surface area contributed by atoms with Gasteiger partial charge in [-0.3, -0.25) is 5.43 Å². The molecule has 2 aromatic rings. The van der Waals surface area contributed by atoms with Crippen LogP contribution in [-0.4, -0.2) is 16.2 Å². The molecule has 2 rings (SSSR count). The summed E-state index contributed by atoms with van der Waals surface area (Å²) < 4.78 is 14.1. The van der Waals surface area contributed by atoms with Crippen molar-refractivity contribution in [3.05, 3.63) is 51.6 Å². The minimum Gasteiger partial charge on any atom is -0.261 e. The predicted octanol–water partition coefficient (Wildman–Crippen LogP) is 3.48. The highest BCUT2D eigenvalue weighted by Crippen LogP contribution is 2.14. The van der Waals surface area contributed by atoms with E-state index in [9.17, 15) is 4.39 Å². The highest BCUT2D eigenvalue weighted by atomic mass is 79.9. The molecule has 0 amide bonds. The van der Waals surface area contributed by atoms with Crippen LogP contribution in [0.25, 0.3) is 0 Å². The molecule has 0 unspecified atom stereocenters. The van der Waals surface area contributed by atoms with Crippen molar-refractivity contribution >= 4 is 39.6 Å². The Labute approximate surface area is 116 Å². The van der Waals surface area contributed by atoms with E-state index in [1.807, 2.05) is 0 Å². The lowest BCUT2D eigenvalue weighted by molar-refractivity contribution is 0.625. The molecule has 0 spiro atoms. The lowest BCUT2D eigenvalue weighted by Crippen LogP contribution is -1.95. The van der Waals surface area contributed by atoms with E-state index in [1.54, 1.807) is 12.1 Å². The molecule has 4 nitrogen and oxygen atoms in total. The summed E-state index contributed by atoms with van der Waals surface area (Å²) >= 11 is 8.93. The van der Waals surface area contributed by atoms with E-state index in [0.717, 1.165) is 4.47 Å². The van der Waals surface area contributed by atoms with Gasteiger partial charge in [-0.2, -0.15) is 5.10 Å². The largest absolute Gasteiger partial charge is 0.261 e. The fourth-order valence-corrected chi connectivity index (χ4v) is 1.70. The summed E-state index contributed by atoms with van der Waals surface area (Å²) in [6.07, 6.45) is 2.66. The quantitative estimate of drug-likeness (QED) is 0.533. The number of nitrogens with one attached hydrogen (secondary N) is 1. The number of hydrogen-bond donors (Lipinski definition) is 1. The van der Waals surface area contributed by atoms with Crippen molar-refractivity contribution in [1.29, 1.82) is 0 Å². The van der Waals surface area contributed by atoms with Gasteiger partial charge in [-0.1, -0.05) is 27.5 Å². The SMILES string of the molecule is Fc1ccc(Br)cc1/C=N/Nc1cc(Cl)ncn1. The highest BCUT2D eigenvalue weighted by Gasteiger charge is 1.99. The number of aromatic nitrogens is 2. The Hall–Kier alpha value is -1.53. The fourth-order valence-electron chi connectivity index (χ4n) is 1.18. The Morgan fingerprint density at radius 2 is 2.17 bits per heavy atom. The third-order valence-corrected chi connectivity index (χ3v) is 2.67. The molecule has 1 aromatic carbocycles. The smallest absolute Gasteiger partial charge is 0.151 e. The highest BCUT2D eigenvalue weighted by molar-refractivity contribution is 9.10. The first-order chi connectivity index (χ1) is 8.65. The number of nitrogens with zero attached hydrogens (tertiary/aromatic N) is 3. The van der Waals surface area contributed by atoms with Gasteiger partial charge in [-0.25, -0.2) is 14.4 Å². The standard InChI is InChI=1S/C11H7BrClFN4/c12-8-1-2-9(14)7(3-8)5-17-18-11-4-10(13)15-6-16-11/h1-6H,(H,15,16,18)/b17-5+. The maximum Gasteiger partial charge on any atom is 0.151 e. The van der Waals surface area contributed by atoms with Gasteiger partial charge < -0.3 is 0 Å². The summed E-state index contributed by atoms with van der Waals surface area (Å²) in [5.74, 6) is 0.0751. The van der Waals surface area contributed by atoms with Crippen molar-refractivity contribution in [3.63, 3.8) is 0 Å². The average molecular weight is 330 g/mol. The first-order valence-electron chi connectivity index (χ1n) is 4.87. The van der Waals surface area contributed by atoms with Crippen LogP contribution in [0.4, 0.5) is 10.2 Å². The van der Waals surface area contributed by atoms with E-state index in [2.05, 4.69) is 36.4 Å². The third-order valence-electron chi connectivity index (χ3n) is 1.97. The van der Waals surface area contributed by atoms with Gasteiger partial charge in [0, 0.05) is 16.1 Å². The number of halogens is 3. The van der Waals surface area contributed by atoms with Crippen molar-refractivity contribution in [1.82, 2.24) is 9.97 Å². The van der Waals surface area contributed by atoms with Gasteiger partial charge in [0.2, 0.25) is 0 Å². The molecule has 0 aliphatic heterocycles. The maximum absolute atomic E-state index is 13.4. The molecular weight excluding hydrogens is 323 g/mol. The van der Waals surface area contributed by atoms with Crippen LogP contribution in [0.1, 0.15) is 5.56 Å². The van der Waals surface area contributed by atoms with Gasteiger partial charge in [0.05, 0.1) is 6.21 Å². The van der Waals surface area contributed by atoms with Crippen molar-refractivity contribution in [2.75, 3.05) is 5.43 Å². The van der Waals surface area contributed by atoms with Gasteiger partial charge in [0.15, 0.2) is 5.82 Å². The summed E-state index contributed by atoms with van der Waals surface area (Å²) in [4.78, 5) is 7.62. The van der Waals surface area contributed by atoms with Crippen molar-refractivity contribution in [2.45, 2.75) is 0 Å². The molecule has 0 fully saturated rings. The maximum atomic E-state index is 13.4. The Kier molecular flexibility index (Phi) is 4.22. The van der Waals surface area contributed by atoms with Crippen LogP contribution in [0.15, 0.2) is 40.2 Å². The topological polar surface area (TPSA) is 50.2 Å². The van der Waals surface area contributed by atoms with Crippen LogP contribution in [0.5, 0.6) is 0 Å². The Morgan fingerprint density at radius 1 is 1.33 bits per heavy atom. The van der Waals surface area contributed by atoms with Crippen LogP contribution < -0.4 is 5.43 Å². The van der Waals surface area contributed by atoms with Gasteiger partial charge in [-0.05, 0) is 18.2 Å². The second-order valence-electron chi connectivity index (χ2n) is 3.26. The molecule has 1 heterocycles. The normalized spacial score (nSPS) is 10.8. The molecule has 7 heteroatoms. The Balaban J connectivity index is 2.10. The molecule has 0 saturated heterocycles. The van der Waals surface area contributed by atoms with E-state index in [1.165, 1.54) is 24.7 Å². The number of anilines is 1. The molecule has 0 aliphatic rings. The van der Waals surface area contributed by atoms with Crippen LogP contribution in [0.2, 0.25) is 5.15 Å². The van der Waals surface area contributed by atoms with E-state index >= 15 is 0 Å². The predicted molar refractivity (Wildman–Crippen MR) is 72.4 cm³/mol. The minimum absolute atomic E-state index is 0.302. The number of hydrogen-bond acceptors (Lipinski definition) is 4. The summed E-state index contributed by atoms with van der Waals surface area (Å²) in [7, 11) is 0. The molecule has 1 aromatic heterocycles. The third kappa shape index (κ3) is 3.48. The van der Waals surface area contributed by atoms with Crippen LogP contribution in [0.3, 0.4) is 0 Å². The lowest BCUT2D eigenvalue weighted by Gasteiger charge is -1.99. The zero-order chi connectivity index (χ0) is 13.0. The zero-order valence-electron chi connectivity index (χ0n) is 8.94. The van der Waals surface area contributed by atoms with E-state index in [-0.39, 0.29) is 5.82 Å². The minimum atomic E-state index is -0.357. The van der Waals surface area contributed by atoms with Gasteiger partial charge in [0.25, 0.3) is 0 Å². The summed E-state index contributed by atoms with van der Waals surface area (Å²) in [6.45, 7) is 0. The molecule has 0 bridgehead atoms. The monoisotopic (exact) mass is 328 g/mol. The van der Waals surface area contributed by atoms with Gasteiger partial charge in [-0.15, -0.1) is 0 Å². The van der Waals surface area contributed by atoms with Crippen LogP contribution in [0, 0.1) is 5.82 Å². The average Bonchev–Trinajstić information content (AvgIpc) is 2.34. The second kappa shape index (κ2) is 5.88. The zero-order valence-corrected chi connectivity index (χ0v) is 11.3. The number of rotatable bonds is 3. The number of hydrazone groups is 1. The Morgan fingerprint density at radius 3 is 2.94 bits per heavy atom. The van der Waals surface area contributed by atoms with E-state index in [4.69, 9.17) is 11.6 Å². The van der Waals surface area contributed by atoms with Crippen LogP contribution in [-0.2, 0) is 0 Å². The van der Waals surface area contributed by atoms with E-state index in [0.29, 0.717) is 16.5 Å². The molecule has 0 atom stereocenters. The fraction of sp³-hybridized carbons (Fsp3) is 0.